The van der Waals surface area contributed by atoms with E-state index in [9.17, 15) is 19.5 Å². The molecule has 0 radical (unpaired) electrons. The highest BCUT2D eigenvalue weighted by Gasteiger charge is 2.29. The minimum Gasteiger partial charge on any atom is -0.465 e. The van der Waals surface area contributed by atoms with Gasteiger partial charge in [-0.3, -0.25) is 14.2 Å². The van der Waals surface area contributed by atoms with Crippen molar-refractivity contribution in [2.24, 2.45) is 5.92 Å². The number of methoxy groups -OCH3 is 1. The number of rotatable bonds is 8. The fourth-order valence-corrected chi connectivity index (χ4v) is 3.94. The summed E-state index contributed by atoms with van der Waals surface area (Å²) in [5.74, 6) is -0.000958. The summed E-state index contributed by atoms with van der Waals surface area (Å²) in [7, 11) is 1.28. The Labute approximate surface area is 172 Å². The van der Waals surface area contributed by atoms with Gasteiger partial charge in [0.2, 0.25) is 5.91 Å². The number of aromatic nitrogens is 2. The molecule has 0 spiro atoms. The molecule has 0 saturated heterocycles. The largest absolute Gasteiger partial charge is 0.465 e. The topological polar surface area (TPSA) is 111 Å². The molecule has 1 fully saturated rings. The molecule has 9 heteroatoms. The maximum absolute atomic E-state index is 12.9. The maximum Gasteiger partial charge on any atom is 0.337 e. The number of fused-ring (bicyclic) bond motifs is 1. The second-order valence-electron chi connectivity index (χ2n) is 7.36. The lowest BCUT2D eigenvalue weighted by atomic mass is 10.1. The van der Waals surface area contributed by atoms with Crippen LogP contribution < -0.4 is 10.9 Å². The van der Waals surface area contributed by atoms with Crippen molar-refractivity contribution >= 4 is 34.5 Å². The zero-order valence-electron chi connectivity index (χ0n) is 16.7. The van der Waals surface area contributed by atoms with Crippen molar-refractivity contribution in [3.8, 4) is 0 Å². The zero-order valence-corrected chi connectivity index (χ0v) is 17.5. The van der Waals surface area contributed by atoms with Gasteiger partial charge in [0, 0.05) is 6.04 Å². The number of carbonyl (C=O) groups is 2. The SMILES string of the molecule is COC(=O)c1ccc2c(=O)n(C[C@@H](C)O)c(SCC(=O)N[C@H](C)C3CC3)nc2c1. The first kappa shape index (κ1) is 21.3. The van der Waals surface area contributed by atoms with Crippen LogP contribution in [0.4, 0.5) is 0 Å². The summed E-state index contributed by atoms with van der Waals surface area (Å²) in [6, 6.07) is 4.65. The van der Waals surface area contributed by atoms with Crippen molar-refractivity contribution < 1.29 is 19.4 Å². The van der Waals surface area contributed by atoms with E-state index in [0.29, 0.717) is 22.0 Å². The van der Waals surface area contributed by atoms with Crippen LogP contribution in [0.2, 0.25) is 0 Å². The zero-order chi connectivity index (χ0) is 21.1. The van der Waals surface area contributed by atoms with Crippen LogP contribution in [0.25, 0.3) is 10.9 Å². The second kappa shape index (κ2) is 8.96. The van der Waals surface area contributed by atoms with Crippen LogP contribution in [-0.2, 0) is 16.1 Å². The number of carbonyl (C=O) groups excluding carboxylic acids is 2. The second-order valence-corrected chi connectivity index (χ2v) is 8.31. The summed E-state index contributed by atoms with van der Waals surface area (Å²) < 4.78 is 6.09. The third-order valence-corrected chi connectivity index (χ3v) is 5.81. The van der Waals surface area contributed by atoms with Gasteiger partial charge in [-0.05, 0) is 50.8 Å². The minimum atomic E-state index is -0.760. The Kier molecular flexibility index (Phi) is 6.59. The molecule has 3 rings (SSSR count). The molecule has 1 aliphatic rings. The van der Waals surface area contributed by atoms with Crippen LogP contribution in [0.15, 0.2) is 28.2 Å². The number of hydrogen-bond donors (Lipinski definition) is 2. The van der Waals surface area contributed by atoms with E-state index in [1.807, 2.05) is 6.92 Å². The van der Waals surface area contributed by atoms with Crippen molar-refractivity contribution in [1.29, 1.82) is 0 Å². The molecule has 2 aromatic rings. The predicted molar refractivity (Wildman–Crippen MR) is 110 cm³/mol. The lowest BCUT2D eigenvalue weighted by molar-refractivity contribution is -0.119. The molecule has 156 valence electrons. The molecule has 1 heterocycles. The summed E-state index contributed by atoms with van der Waals surface area (Å²) in [5, 5.41) is 13.4. The summed E-state index contributed by atoms with van der Waals surface area (Å²) in [6.45, 7) is 3.63. The highest BCUT2D eigenvalue weighted by molar-refractivity contribution is 7.99. The van der Waals surface area contributed by atoms with Crippen molar-refractivity contribution in [1.82, 2.24) is 14.9 Å². The first-order valence-electron chi connectivity index (χ1n) is 9.53. The number of nitrogens with one attached hydrogen (secondary N) is 1. The fourth-order valence-electron chi connectivity index (χ4n) is 3.12. The number of nitrogens with zero attached hydrogens (tertiary/aromatic N) is 2. The van der Waals surface area contributed by atoms with Gasteiger partial charge in [0.05, 0.1) is 42.0 Å². The Morgan fingerprint density at radius 1 is 1.38 bits per heavy atom. The third-order valence-electron chi connectivity index (χ3n) is 4.84. The van der Waals surface area contributed by atoms with Gasteiger partial charge in [-0.25, -0.2) is 9.78 Å². The molecule has 2 N–H and O–H groups in total. The lowest BCUT2D eigenvalue weighted by Crippen LogP contribution is -2.35. The van der Waals surface area contributed by atoms with E-state index in [1.165, 1.54) is 29.9 Å². The van der Waals surface area contributed by atoms with Gasteiger partial charge < -0.3 is 15.2 Å². The average Bonchev–Trinajstić information content (AvgIpc) is 3.53. The number of ether oxygens (including phenoxy) is 1. The highest BCUT2D eigenvalue weighted by atomic mass is 32.2. The van der Waals surface area contributed by atoms with Gasteiger partial charge in [-0.1, -0.05) is 11.8 Å². The Morgan fingerprint density at radius 2 is 2.10 bits per heavy atom. The van der Waals surface area contributed by atoms with Gasteiger partial charge in [-0.2, -0.15) is 0 Å². The van der Waals surface area contributed by atoms with E-state index in [1.54, 1.807) is 6.92 Å². The van der Waals surface area contributed by atoms with E-state index in [-0.39, 0.29) is 35.4 Å². The Hall–Kier alpha value is -2.39. The maximum atomic E-state index is 12.9. The van der Waals surface area contributed by atoms with E-state index < -0.39 is 12.1 Å². The molecule has 0 aliphatic heterocycles. The van der Waals surface area contributed by atoms with Crippen LogP contribution in [0.5, 0.6) is 0 Å². The van der Waals surface area contributed by atoms with E-state index in [4.69, 9.17) is 4.74 Å². The van der Waals surface area contributed by atoms with E-state index in [2.05, 4.69) is 10.3 Å². The molecule has 0 bridgehead atoms. The minimum absolute atomic E-state index is 0.0585. The number of hydrogen-bond acceptors (Lipinski definition) is 7. The summed E-state index contributed by atoms with van der Waals surface area (Å²) in [6.07, 6.45) is 1.51. The Morgan fingerprint density at radius 3 is 2.72 bits per heavy atom. The van der Waals surface area contributed by atoms with Crippen LogP contribution in [0.3, 0.4) is 0 Å². The summed E-state index contributed by atoms with van der Waals surface area (Å²) >= 11 is 1.13. The Bertz CT molecular complexity index is 984. The molecular formula is C20H25N3O5S. The number of amides is 1. The summed E-state index contributed by atoms with van der Waals surface area (Å²) in [4.78, 5) is 41.5. The van der Waals surface area contributed by atoms with Gasteiger partial charge in [0.1, 0.15) is 0 Å². The molecule has 1 aliphatic carbocycles. The highest BCUT2D eigenvalue weighted by Crippen LogP contribution is 2.32. The van der Waals surface area contributed by atoms with Crippen LogP contribution in [-0.4, -0.2) is 51.5 Å². The van der Waals surface area contributed by atoms with Crippen LogP contribution >= 0.6 is 11.8 Å². The fraction of sp³-hybridized carbons (Fsp3) is 0.500. The number of aliphatic hydroxyl groups excluding tert-OH is 1. The van der Waals surface area contributed by atoms with Gasteiger partial charge in [0.15, 0.2) is 5.16 Å². The van der Waals surface area contributed by atoms with E-state index in [0.717, 1.165) is 24.6 Å². The van der Waals surface area contributed by atoms with Crippen LogP contribution in [0, 0.1) is 5.92 Å². The molecule has 29 heavy (non-hydrogen) atoms. The molecule has 2 atom stereocenters. The molecule has 8 nitrogen and oxygen atoms in total. The van der Waals surface area contributed by atoms with E-state index >= 15 is 0 Å². The van der Waals surface area contributed by atoms with Gasteiger partial charge in [0.25, 0.3) is 5.56 Å². The van der Waals surface area contributed by atoms with Crippen molar-refractivity contribution in [2.75, 3.05) is 12.9 Å². The third kappa shape index (κ3) is 5.16. The number of thioether (sulfide) groups is 1. The molecular weight excluding hydrogens is 394 g/mol. The lowest BCUT2D eigenvalue weighted by Gasteiger charge is -2.16. The van der Waals surface area contributed by atoms with Crippen LogP contribution in [0.1, 0.15) is 37.0 Å². The first-order chi connectivity index (χ1) is 13.8. The number of benzene rings is 1. The molecule has 1 saturated carbocycles. The van der Waals surface area contributed by atoms with Crippen molar-refractivity contribution in [3.63, 3.8) is 0 Å². The standard InChI is InChI=1S/C20H25N3O5S/c1-11(24)9-23-18(26)15-7-6-14(19(27)28-3)8-16(15)22-20(23)29-10-17(25)21-12(2)13-4-5-13/h6-8,11-13,24H,4-5,9-10H2,1-3H3,(H,21,25)/t11-,12-/m1/s1. The molecule has 0 unspecified atom stereocenters. The smallest absolute Gasteiger partial charge is 0.337 e. The van der Waals surface area contributed by atoms with Gasteiger partial charge in [-0.15, -0.1) is 0 Å². The van der Waals surface area contributed by atoms with Gasteiger partial charge >= 0.3 is 5.97 Å². The summed E-state index contributed by atoms with van der Waals surface area (Å²) in [5.41, 5.74) is 0.294. The first-order valence-corrected chi connectivity index (χ1v) is 10.5. The molecule has 1 aromatic carbocycles. The number of aliphatic hydroxyl groups is 1. The molecule has 1 aromatic heterocycles. The number of esters is 1. The van der Waals surface area contributed by atoms with Crippen molar-refractivity contribution in [2.45, 2.75) is 50.5 Å². The Balaban J connectivity index is 1.90. The monoisotopic (exact) mass is 419 g/mol. The average molecular weight is 420 g/mol. The normalized spacial score (nSPS) is 15.7. The molecule has 1 amide bonds. The van der Waals surface area contributed by atoms with Crippen molar-refractivity contribution in [3.05, 3.63) is 34.1 Å². The predicted octanol–water partition coefficient (Wildman–Crippen LogP) is 1.57. The quantitative estimate of drug-likeness (QED) is 0.380.